The highest BCUT2D eigenvalue weighted by atomic mass is 16.5. The maximum absolute atomic E-state index is 13.4. The first kappa shape index (κ1) is 27.5. The first-order valence-corrected chi connectivity index (χ1v) is 12.7. The van der Waals surface area contributed by atoms with Gasteiger partial charge in [-0.3, -0.25) is 4.79 Å². The van der Waals surface area contributed by atoms with E-state index in [2.05, 4.69) is 37.5 Å². The molecule has 2 aromatic heterocycles. The molecule has 0 aliphatic carbocycles. The third-order valence-corrected chi connectivity index (χ3v) is 6.22. The predicted molar refractivity (Wildman–Crippen MR) is 151 cm³/mol. The third-order valence-electron chi connectivity index (χ3n) is 6.22. The number of nitrogens with zero attached hydrogens (tertiary/aromatic N) is 3. The Kier molecular flexibility index (Phi) is 8.09. The highest BCUT2D eigenvalue weighted by molar-refractivity contribution is 5.96. The molecule has 0 atom stereocenters. The Morgan fingerprint density at radius 1 is 1.03 bits per heavy atom. The predicted octanol–water partition coefficient (Wildman–Crippen LogP) is 6.06. The molecule has 0 saturated heterocycles. The Hall–Kier alpha value is -4.53. The molecular formula is C30H35N5O4. The number of aryl methyl sites for hydroxylation is 2. The van der Waals surface area contributed by atoms with Gasteiger partial charge in [0.1, 0.15) is 23.9 Å². The Labute approximate surface area is 228 Å². The van der Waals surface area contributed by atoms with Gasteiger partial charge in [0.25, 0.3) is 0 Å². The SMILES string of the molecule is COc1ccc(NC(=O)N(CC(=O)Nc2cc(C(C)(C)C)nn2-c2ccc(C)cc2C)Cc2ccco2)cc1. The monoisotopic (exact) mass is 529 g/mol. The summed E-state index contributed by atoms with van der Waals surface area (Å²) in [7, 11) is 1.58. The molecule has 4 aromatic rings. The Morgan fingerprint density at radius 3 is 2.38 bits per heavy atom. The van der Waals surface area contributed by atoms with Gasteiger partial charge in [0.05, 0.1) is 31.3 Å². The lowest BCUT2D eigenvalue weighted by Crippen LogP contribution is -2.40. The van der Waals surface area contributed by atoms with Crippen LogP contribution in [-0.2, 0) is 16.8 Å². The molecule has 4 rings (SSSR count). The van der Waals surface area contributed by atoms with Crippen LogP contribution < -0.4 is 15.4 Å². The van der Waals surface area contributed by atoms with Gasteiger partial charge >= 0.3 is 6.03 Å². The molecule has 9 nitrogen and oxygen atoms in total. The second-order valence-corrected chi connectivity index (χ2v) is 10.5. The van der Waals surface area contributed by atoms with Crippen LogP contribution in [0.5, 0.6) is 5.75 Å². The molecule has 2 N–H and O–H groups in total. The van der Waals surface area contributed by atoms with Crippen LogP contribution in [-0.4, -0.2) is 40.3 Å². The molecule has 2 aromatic carbocycles. The molecule has 0 spiro atoms. The number of methoxy groups -OCH3 is 1. The fourth-order valence-electron chi connectivity index (χ4n) is 4.09. The van der Waals surface area contributed by atoms with E-state index in [1.54, 1.807) is 48.2 Å². The minimum Gasteiger partial charge on any atom is -0.497 e. The zero-order valence-corrected chi connectivity index (χ0v) is 23.2. The highest BCUT2D eigenvalue weighted by Crippen LogP contribution is 2.28. The second kappa shape index (κ2) is 11.5. The molecule has 9 heteroatoms. The van der Waals surface area contributed by atoms with Crippen LogP contribution in [0.2, 0.25) is 0 Å². The highest BCUT2D eigenvalue weighted by Gasteiger charge is 2.24. The average Bonchev–Trinajstić information content (AvgIpc) is 3.54. The van der Waals surface area contributed by atoms with Crippen molar-refractivity contribution in [3.63, 3.8) is 0 Å². The van der Waals surface area contributed by atoms with Crippen molar-refractivity contribution in [1.82, 2.24) is 14.7 Å². The number of furan rings is 1. The van der Waals surface area contributed by atoms with Crippen LogP contribution in [0.1, 0.15) is 43.4 Å². The van der Waals surface area contributed by atoms with Crippen molar-refractivity contribution in [3.8, 4) is 11.4 Å². The Balaban J connectivity index is 1.57. The quantitative estimate of drug-likeness (QED) is 0.289. The van der Waals surface area contributed by atoms with Crippen molar-refractivity contribution in [1.29, 1.82) is 0 Å². The summed E-state index contributed by atoms with van der Waals surface area (Å²) in [5, 5.41) is 10.6. The first-order chi connectivity index (χ1) is 18.5. The number of hydrogen-bond donors (Lipinski definition) is 2. The number of carbonyl (C=O) groups excluding carboxylic acids is 2. The number of aromatic nitrogens is 2. The van der Waals surface area contributed by atoms with E-state index in [9.17, 15) is 9.59 Å². The molecule has 0 radical (unpaired) electrons. The summed E-state index contributed by atoms with van der Waals surface area (Å²) >= 11 is 0. The zero-order chi connectivity index (χ0) is 28.2. The maximum atomic E-state index is 13.4. The normalized spacial score (nSPS) is 11.2. The van der Waals surface area contributed by atoms with Crippen molar-refractivity contribution >= 4 is 23.4 Å². The van der Waals surface area contributed by atoms with Crippen LogP contribution >= 0.6 is 0 Å². The van der Waals surface area contributed by atoms with Gasteiger partial charge in [0.2, 0.25) is 5.91 Å². The minimum atomic E-state index is -0.440. The fourth-order valence-corrected chi connectivity index (χ4v) is 4.09. The molecule has 2 heterocycles. The smallest absolute Gasteiger partial charge is 0.322 e. The lowest BCUT2D eigenvalue weighted by Gasteiger charge is -2.22. The number of carbonyl (C=O) groups is 2. The van der Waals surface area contributed by atoms with Gasteiger partial charge in [-0.05, 0) is 61.9 Å². The Morgan fingerprint density at radius 2 is 1.77 bits per heavy atom. The number of benzene rings is 2. The number of ether oxygens (including phenoxy) is 1. The zero-order valence-electron chi connectivity index (χ0n) is 23.2. The van der Waals surface area contributed by atoms with Gasteiger partial charge in [-0.1, -0.05) is 38.5 Å². The van der Waals surface area contributed by atoms with Gasteiger partial charge in [0.15, 0.2) is 0 Å². The molecule has 3 amide bonds. The molecule has 204 valence electrons. The van der Waals surface area contributed by atoms with Crippen molar-refractivity contribution in [2.45, 2.75) is 46.6 Å². The van der Waals surface area contributed by atoms with E-state index in [-0.39, 0.29) is 24.4 Å². The summed E-state index contributed by atoms with van der Waals surface area (Å²) in [6.07, 6.45) is 1.53. The second-order valence-electron chi connectivity index (χ2n) is 10.5. The molecule has 0 fully saturated rings. The van der Waals surface area contributed by atoms with Crippen molar-refractivity contribution < 1.29 is 18.7 Å². The lowest BCUT2D eigenvalue weighted by atomic mass is 9.92. The van der Waals surface area contributed by atoms with Crippen LogP contribution in [0.3, 0.4) is 0 Å². The molecule has 39 heavy (non-hydrogen) atoms. The van der Waals surface area contributed by atoms with Gasteiger partial charge < -0.3 is 24.7 Å². The minimum absolute atomic E-state index is 0.117. The average molecular weight is 530 g/mol. The largest absolute Gasteiger partial charge is 0.497 e. The topological polar surface area (TPSA) is 102 Å². The van der Waals surface area contributed by atoms with E-state index >= 15 is 0 Å². The van der Waals surface area contributed by atoms with E-state index in [1.807, 2.05) is 32.0 Å². The van der Waals surface area contributed by atoms with Crippen molar-refractivity contribution in [2.75, 3.05) is 24.3 Å². The number of rotatable bonds is 8. The molecular weight excluding hydrogens is 494 g/mol. The number of anilines is 2. The molecule has 0 aliphatic rings. The van der Waals surface area contributed by atoms with E-state index in [4.69, 9.17) is 14.3 Å². The van der Waals surface area contributed by atoms with E-state index in [0.29, 0.717) is 23.0 Å². The van der Waals surface area contributed by atoms with Crippen LogP contribution in [0, 0.1) is 13.8 Å². The van der Waals surface area contributed by atoms with Gasteiger partial charge in [-0.25, -0.2) is 9.48 Å². The number of amides is 3. The summed E-state index contributed by atoms with van der Waals surface area (Å²) in [4.78, 5) is 28.0. The van der Waals surface area contributed by atoms with Crippen LogP contribution in [0.15, 0.2) is 71.3 Å². The maximum Gasteiger partial charge on any atom is 0.322 e. The van der Waals surface area contributed by atoms with Crippen LogP contribution in [0.25, 0.3) is 5.69 Å². The first-order valence-electron chi connectivity index (χ1n) is 12.7. The molecule has 0 aliphatic heterocycles. The summed E-state index contributed by atoms with van der Waals surface area (Å²) in [5.41, 5.74) is 4.23. The summed E-state index contributed by atoms with van der Waals surface area (Å²) in [6, 6.07) is 18.0. The fraction of sp³-hybridized carbons (Fsp3) is 0.300. The molecule has 0 unspecified atom stereocenters. The van der Waals surface area contributed by atoms with Crippen molar-refractivity contribution in [3.05, 3.63) is 89.5 Å². The summed E-state index contributed by atoms with van der Waals surface area (Å²) in [6.45, 7) is 10.2. The van der Waals surface area contributed by atoms with E-state index < -0.39 is 6.03 Å². The standard InChI is InChI=1S/C30H35N5O4/c1-20-9-14-25(21(2)16-20)35-27(17-26(33-35)30(3,4)5)32-28(36)19-34(18-24-8-7-15-39-24)29(37)31-22-10-12-23(38-6)13-11-22/h7-17H,18-19H2,1-6H3,(H,31,37)(H,32,36). The Bertz CT molecular complexity index is 1430. The summed E-state index contributed by atoms with van der Waals surface area (Å²) in [5.74, 6) is 1.40. The number of nitrogens with one attached hydrogen (secondary N) is 2. The van der Waals surface area contributed by atoms with Gasteiger partial charge in [-0.2, -0.15) is 5.10 Å². The van der Waals surface area contributed by atoms with Gasteiger partial charge in [0, 0.05) is 17.2 Å². The molecule has 0 bridgehead atoms. The van der Waals surface area contributed by atoms with Gasteiger partial charge in [-0.15, -0.1) is 0 Å². The third kappa shape index (κ3) is 6.87. The van der Waals surface area contributed by atoms with Crippen LogP contribution in [0.4, 0.5) is 16.3 Å². The van der Waals surface area contributed by atoms with E-state index in [1.165, 1.54) is 11.2 Å². The number of hydrogen-bond acceptors (Lipinski definition) is 5. The lowest BCUT2D eigenvalue weighted by molar-refractivity contribution is -0.116. The number of urea groups is 1. The van der Waals surface area contributed by atoms with Crippen molar-refractivity contribution in [2.24, 2.45) is 0 Å². The summed E-state index contributed by atoms with van der Waals surface area (Å²) < 4.78 is 12.4. The van der Waals surface area contributed by atoms with E-state index in [0.717, 1.165) is 22.5 Å². The molecule has 0 saturated carbocycles.